The van der Waals surface area contributed by atoms with E-state index in [-0.39, 0.29) is 11.3 Å². The Balaban J connectivity index is 1.69. The van der Waals surface area contributed by atoms with Crippen molar-refractivity contribution >= 4 is 23.3 Å². The third-order valence-electron chi connectivity index (χ3n) is 4.12. The summed E-state index contributed by atoms with van der Waals surface area (Å²) < 4.78 is 9.87. The maximum absolute atomic E-state index is 12.3. The number of nitro groups is 1. The number of hydrazone groups is 1. The molecule has 1 aliphatic heterocycles. The molecule has 1 aliphatic rings. The van der Waals surface area contributed by atoms with E-state index < -0.39 is 29.1 Å². The minimum Gasteiger partial charge on any atom is -0.477 e. The van der Waals surface area contributed by atoms with Crippen LogP contribution in [0.5, 0.6) is 5.75 Å². The maximum atomic E-state index is 12.3. The quantitative estimate of drug-likeness (QED) is 0.430. The van der Waals surface area contributed by atoms with Gasteiger partial charge in [-0.15, -0.1) is 0 Å². The lowest BCUT2D eigenvalue weighted by molar-refractivity contribution is -0.385. The molecule has 0 spiro atoms. The van der Waals surface area contributed by atoms with Gasteiger partial charge < -0.3 is 9.47 Å². The van der Waals surface area contributed by atoms with E-state index in [1.165, 1.54) is 24.3 Å². The summed E-state index contributed by atoms with van der Waals surface area (Å²) in [7, 11) is 1.18. The van der Waals surface area contributed by atoms with Crippen molar-refractivity contribution in [1.29, 1.82) is 0 Å². The zero-order valence-electron chi connectivity index (χ0n) is 15.0. The number of hydrogen-bond acceptors (Lipinski definition) is 7. The Morgan fingerprint density at radius 3 is 2.64 bits per heavy atom. The molecule has 0 aliphatic carbocycles. The van der Waals surface area contributed by atoms with Crippen LogP contribution in [-0.4, -0.2) is 47.8 Å². The standard InChI is InChI=1S/C19H17N3O6/c1-27-19(24)14-7-8-17(16(11-14)22(25)26)28-12-18(23)21-10-9-15(20-21)13-5-3-2-4-6-13/h2-8,11H,9-10,12H2,1H3. The highest BCUT2D eigenvalue weighted by Crippen LogP contribution is 2.28. The Bertz CT molecular complexity index is 942. The fraction of sp³-hybridized carbons (Fsp3) is 0.211. The van der Waals surface area contributed by atoms with Gasteiger partial charge in [-0.2, -0.15) is 5.10 Å². The molecule has 0 fully saturated rings. The predicted molar refractivity (Wildman–Crippen MR) is 99.2 cm³/mol. The molecule has 3 rings (SSSR count). The highest BCUT2D eigenvalue weighted by Gasteiger charge is 2.24. The van der Waals surface area contributed by atoms with Gasteiger partial charge >= 0.3 is 11.7 Å². The first kappa shape index (κ1) is 19.0. The molecule has 0 N–H and O–H groups in total. The van der Waals surface area contributed by atoms with Gasteiger partial charge in [0.2, 0.25) is 0 Å². The summed E-state index contributed by atoms with van der Waals surface area (Å²) in [6.07, 6.45) is 0.615. The Morgan fingerprint density at radius 1 is 1.21 bits per heavy atom. The van der Waals surface area contributed by atoms with Gasteiger partial charge in [0.15, 0.2) is 12.4 Å². The normalized spacial score (nSPS) is 13.0. The first-order valence-electron chi connectivity index (χ1n) is 8.42. The minimum atomic E-state index is -0.703. The van der Waals surface area contributed by atoms with Crippen LogP contribution in [0.3, 0.4) is 0 Å². The van der Waals surface area contributed by atoms with Crippen LogP contribution in [0, 0.1) is 10.1 Å². The van der Waals surface area contributed by atoms with Gasteiger partial charge in [-0.05, 0) is 17.7 Å². The van der Waals surface area contributed by atoms with Crippen LogP contribution in [0.1, 0.15) is 22.3 Å². The van der Waals surface area contributed by atoms with Crippen molar-refractivity contribution in [3.8, 4) is 5.75 Å². The van der Waals surface area contributed by atoms with Gasteiger partial charge in [0.05, 0.1) is 29.9 Å². The minimum absolute atomic E-state index is 0.0181. The molecular formula is C19H17N3O6. The lowest BCUT2D eigenvalue weighted by atomic mass is 10.1. The van der Waals surface area contributed by atoms with E-state index in [2.05, 4.69) is 9.84 Å². The Hall–Kier alpha value is -3.75. The van der Waals surface area contributed by atoms with Crippen LogP contribution >= 0.6 is 0 Å². The monoisotopic (exact) mass is 383 g/mol. The number of carbonyl (C=O) groups excluding carboxylic acids is 2. The highest BCUT2D eigenvalue weighted by atomic mass is 16.6. The molecule has 0 unspecified atom stereocenters. The van der Waals surface area contributed by atoms with E-state index in [0.717, 1.165) is 17.3 Å². The second kappa shape index (κ2) is 8.30. The molecule has 28 heavy (non-hydrogen) atoms. The molecule has 1 heterocycles. The number of methoxy groups -OCH3 is 1. The lowest BCUT2D eigenvalue weighted by Crippen LogP contribution is -2.29. The molecule has 0 atom stereocenters. The second-order valence-electron chi connectivity index (χ2n) is 5.90. The summed E-state index contributed by atoms with van der Waals surface area (Å²) in [5.41, 5.74) is 1.32. The number of benzene rings is 2. The smallest absolute Gasteiger partial charge is 0.338 e. The van der Waals surface area contributed by atoms with Crippen molar-refractivity contribution in [3.05, 3.63) is 69.8 Å². The summed E-state index contributed by atoms with van der Waals surface area (Å²) in [6, 6.07) is 13.2. The highest BCUT2D eigenvalue weighted by molar-refractivity contribution is 6.02. The number of carbonyl (C=O) groups is 2. The number of nitrogens with zero attached hydrogens (tertiary/aromatic N) is 3. The summed E-state index contributed by atoms with van der Waals surface area (Å²) in [4.78, 5) is 34.4. The molecule has 9 nitrogen and oxygen atoms in total. The Kier molecular flexibility index (Phi) is 5.64. The van der Waals surface area contributed by atoms with Crippen LogP contribution in [0.15, 0.2) is 53.6 Å². The molecule has 2 aromatic carbocycles. The van der Waals surface area contributed by atoms with Crippen LogP contribution in [0.2, 0.25) is 0 Å². The second-order valence-corrected chi connectivity index (χ2v) is 5.90. The molecule has 1 amide bonds. The van der Waals surface area contributed by atoms with Gasteiger partial charge in [0.1, 0.15) is 0 Å². The van der Waals surface area contributed by atoms with Crippen molar-refractivity contribution in [2.45, 2.75) is 6.42 Å². The Morgan fingerprint density at radius 2 is 1.96 bits per heavy atom. The van der Waals surface area contributed by atoms with Crippen molar-refractivity contribution in [1.82, 2.24) is 5.01 Å². The van der Waals surface area contributed by atoms with E-state index in [0.29, 0.717) is 13.0 Å². The molecule has 0 bridgehead atoms. The lowest BCUT2D eigenvalue weighted by Gasteiger charge is -2.12. The maximum Gasteiger partial charge on any atom is 0.338 e. The number of amides is 1. The SMILES string of the molecule is COC(=O)c1ccc(OCC(=O)N2CCC(c3ccccc3)=N2)c([N+](=O)[O-])c1. The molecule has 0 radical (unpaired) electrons. The molecule has 0 saturated heterocycles. The van der Waals surface area contributed by atoms with Crippen LogP contribution < -0.4 is 4.74 Å². The van der Waals surface area contributed by atoms with E-state index in [9.17, 15) is 19.7 Å². The summed E-state index contributed by atoms with van der Waals surface area (Å²) in [6.45, 7) is -0.000225. The van der Waals surface area contributed by atoms with Crippen LogP contribution in [0.4, 0.5) is 5.69 Å². The van der Waals surface area contributed by atoms with Crippen molar-refractivity contribution < 1.29 is 24.0 Å². The summed E-state index contributed by atoms with van der Waals surface area (Å²) >= 11 is 0. The van der Waals surface area contributed by atoms with Crippen LogP contribution in [0.25, 0.3) is 0 Å². The number of hydrogen-bond donors (Lipinski definition) is 0. The molecule has 9 heteroatoms. The molecule has 0 aromatic heterocycles. The summed E-state index contributed by atoms with van der Waals surface area (Å²) in [5.74, 6) is -1.24. The summed E-state index contributed by atoms with van der Waals surface area (Å²) in [5, 5.41) is 16.8. The third kappa shape index (κ3) is 4.14. The van der Waals surface area contributed by atoms with Gasteiger partial charge in [-0.25, -0.2) is 9.80 Å². The van der Waals surface area contributed by atoms with E-state index >= 15 is 0 Å². The van der Waals surface area contributed by atoms with E-state index in [1.807, 2.05) is 30.3 Å². The van der Waals surface area contributed by atoms with Crippen molar-refractivity contribution in [2.75, 3.05) is 20.3 Å². The van der Waals surface area contributed by atoms with Gasteiger partial charge in [0.25, 0.3) is 5.91 Å². The van der Waals surface area contributed by atoms with Gasteiger partial charge in [0, 0.05) is 12.5 Å². The van der Waals surface area contributed by atoms with E-state index in [4.69, 9.17) is 4.74 Å². The first-order valence-corrected chi connectivity index (χ1v) is 8.42. The van der Waals surface area contributed by atoms with Gasteiger partial charge in [-0.1, -0.05) is 30.3 Å². The van der Waals surface area contributed by atoms with Crippen molar-refractivity contribution in [2.24, 2.45) is 5.10 Å². The topological polar surface area (TPSA) is 111 Å². The van der Waals surface area contributed by atoms with E-state index in [1.54, 1.807) is 0 Å². The Labute approximate surface area is 160 Å². The third-order valence-corrected chi connectivity index (χ3v) is 4.12. The fourth-order valence-electron chi connectivity index (χ4n) is 2.71. The largest absolute Gasteiger partial charge is 0.477 e. The zero-order valence-corrected chi connectivity index (χ0v) is 15.0. The molecule has 144 valence electrons. The number of ether oxygens (including phenoxy) is 2. The van der Waals surface area contributed by atoms with Gasteiger partial charge in [-0.3, -0.25) is 14.9 Å². The zero-order chi connectivity index (χ0) is 20.1. The van der Waals surface area contributed by atoms with Crippen molar-refractivity contribution in [3.63, 3.8) is 0 Å². The van der Waals surface area contributed by atoms with Crippen LogP contribution in [-0.2, 0) is 9.53 Å². The number of esters is 1. The average molecular weight is 383 g/mol. The molecular weight excluding hydrogens is 366 g/mol. The molecule has 2 aromatic rings. The first-order chi connectivity index (χ1) is 13.5. The fourth-order valence-corrected chi connectivity index (χ4v) is 2.71. The molecule has 0 saturated carbocycles. The predicted octanol–water partition coefficient (Wildman–Crippen LogP) is 2.40. The number of rotatable bonds is 6. The number of nitro benzene ring substituents is 1. The average Bonchev–Trinajstić information content (AvgIpc) is 3.22.